The highest BCUT2D eigenvalue weighted by molar-refractivity contribution is 14.0. The molecule has 0 amide bonds. The lowest BCUT2D eigenvalue weighted by atomic mass is 10.0. The average molecular weight is 521 g/mol. The number of nitrogens with zero attached hydrogens (tertiary/aromatic N) is 2. The van der Waals surface area contributed by atoms with Crippen LogP contribution in [0, 0.1) is 5.92 Å². The van der Waals surface area contributed by atoms with Crippen molar-refractivity contribution < 1.29 is 18.9 Å². The third-order valence-electron chi connectivity index (χ3n) is 4.92. The number of hydrogen-bond acceptors (Lipinski definition) is 5. The minimum absolute atomic E-state index is 0. The monoisotopic (exact) mass is 521 g/mol. The molecule has 29 heavy (non-hydrogen) atoms. The molecule has 0 atom stereocenters. The Kier molecular flexibility index (Phi) is 13.0. The number of hydrogen-bond donors (Lipinski definition) is 1. The smallest absolute Gasteiger partial charge is 0.193 e. The van der Waals surface area contributed by atoms with E-state index in [2.05, 4.69) is 15.2 Å². The molecule has 0 aliphatic carbocycles. The molecule has 1 aliphatic heterocycles. The van der Waals surface area contributed by atoms with Gasteiger partial charge in [-0.1, -0.05) is 0 Å². The van der Waals surface area contributed by atoms with Gasteiger partial charge in [-0.25, -0.2) is 0 Å². The summed E-state index contributed by atoms with van der Waals surface area (Å²) >= 11 is 0. The fraction of sp³-hybridized carbons (Fsp3) is 0.667. The summed E-state index contributed by atoms with van der Waals surface area (Å²) in [4.78, 5) is 6.45. The number of aliphatic imine (C=N–C) groups is 1. The predicted molar refractivity (Wildman–Crippen MR) is 127 cm³/mol. The van der Waals surface area contributed by atoms with Crippen LogP contribution >= 0.6 is 24.0 Å². The normalized spacial score (nSPS) is 14.8. The maximum atomic E-state index is 5.82. The van der Waals surface area contributed by atoms with Crippen molar-refractivity contribution in [3.8, 4) is 11.5 Å². The van der Waals surface area contributed by atoms with E-state index in [4.69, 9.17) is 18.9 Å². The summed E-state index contributed by atoms with van der Waals surface area (Å²) in [6.07, 6.45) is 3.18. The van der Waals surface area contributed by atoms with Crippen LogP contribution in [0.4, 0.5) is 0 Å². The van der Waals surface area contributed by atoms with Gasteiger partial charge in [-0.2, -0.15) is 0 Å². The van der Waals surface area contributed by atoms with Gasteiger partial charge in [0.25, 0.3) is 0 Å². The van der Waals surface area contributed by atoms with E-state index in [1.807, 2.05) is 25.2 Å². The van der Waals surface area contributed by atoms with Gasteiger partial charge >= 0.3 is 0 Å². The van der Waals surface area contributed by atoms with Gasteiger partial charge in [0.2, 0.25) is 0 Å². The second-order valence-electron chi connectivity index (χ2n) is 6.99. The lowest BCUT2D eigenvalue weighted by Gasteiger charge is -2.23. The minimum atomic E-state index is 0. The van der Waals surface area contributed by atoms with Crippen molar-refractivity contribution in [2.24, 2.45) is 10.9 Å². The SMILES string of the molecule is CN=C(NCCCOCC1CCOCC1)N(C)Cc1ccc(OC)cc1OC.I. The zero-order valence-corrected chi connectivity index (χ0v) is 20.4. The van der Waals surface area contributed by atoms with Gasteiger partial charge in [-0.05, 0) is 37.3 Å². The van der Waals surface area contributed by atoms with Gasteiger partial charge in [0, 0.05) is 65.2 Å². The number of halogens is 1. The standard InChI is InChI=1S/C21H35N3O4.HI/c1-22-21(23-10-5-11-28-16-17-8-12-27-13-9-17)24(2)15-18-6-7-19(25-3)14-20(18)26-4;/h6-7,14,17H,5,8-13,15-16H2,1-4H3,(H,22,23);1H. The molecule has 0 unspecified atom stereocenters. The molecule has 0 aromatic heterocycles. The van der Waals surface area contributed by atoms with Crippen LogP contribution in [0.15, 0.2) is 23.2 Å². The summed E-state index contributed by atoms with van der Waals surface area (Å²) in [6.45, 7) is 4.86. The molecule has 0 spiro atoms. The van der Waals surface area contributed by atoms with Crippen LogP contribution in [-0.4, -0.2) is 72.1 Å². The lowest BCUT2D eigenvalue weighted by Crippen LogP contribution is -2.39. The molecule has 1 N–H and O–H groups in total. The molecule has 8 heteroatoms. The Hall–Kier alpha value is -1.26. The molecular weight excluding hydrogens is 485 g/mol. The van der Waals surface area contributed by atoms with Crippen LogP contribution in [0.3, 0.4) is 0 Å². The molecule has 1 fully saturated rings. The van der Waals surface area contributed by atoms with Crippen LogP contribution in [0.5, 0.6) is 11.5 Å². The van der Waals surface area contributed by atoms with E-state index >= 15 is 0 Å². The maximum Gasteiger partial charge on any atom is 0.193 e. The molecule has 1 aliphatic rings. The molecule has 2 rings (SSSR count). The maximum absolute atomic E-state index is 5.82. The van der Waals surface area contributed by atoms with Crippen molar-refractivity contribution in [3.05, 3.63) is 23.8 Å². The largest absolute Gasteiger partial charge is 0.497 e. The van der Waals surface area contributed by atoms with Crippen molar-refractivity contribution >= 4 is 29.9 Å². The highest BCUT2D eigenvalue weighted by Crippen LogP contribution is 2.25. The molecule has 0 bridgehead atoms. The molecule has 0 radical (unpaired) electrons. The van der Waals surface area contributed by atoms with Crippen molar-refractivity contribution in [2.45, 2.75) is 25.8 Å². The number of methoxy groups -OCH3 is 2. The van der Waals surface area contributed by atoms with Crippen LogP contribution in [-0.2, 0) is 16.0 Å². The topological polar surface area (TPSA) is 64.6 Å². The first kappa shape index (κ1) is 25.8. The highest BCUT2D eigenvalue weighted by Gasteiger charge is 2.14. The fourth-order valence-corrected chi connectivity index (χ4v) is 3.24. The van der Waals surface area contributed by atoms with E-state index in [1.165, 1.54) is 0 Å². The van der Waals surface area contributed by atoms with Crippen LogP contribution in [0.2, 0.25) is 0 Å². The first-order valence-electron chi connectivity index (χ1n) is 9.96. The predicted octanol–water partition coefficient (Wildman–Crippen LogP) is 3.16. The summed E-state index contributed by atoms with van der Waals surface area (Å²) in [5.74, 6) is 3.09. The van der Waals surface area contributed by atoms with Gasteiger partial charge in [-0.3, -0.25) is 4.99 Å². The third kappa shape index (κ3) is 8.96. The summed E-state index contributed by atoms with van der Waals surface area (Å²) < 4.78 is 21.9. The van der Waals surface area contributed by atoms with Crippen molar-refractivity contribution in [1.82, 2.24) is 10.2 Å². The average Bonchev–Trinajstić information content (AvgIpc) is 2.74. The second-order valence-corrected chi connectivity index (χ2v) is 6.99. The van der Waals surface area contributed by atoms with Gasteiger partial charge in [0.15, 0.2) is 5.96 Å². The van der Waals surface area contributed by atoms with E-state index in [9.17, 15) is 0 Å². The summed E-state index contributed by atoms with van der Waals surface area (Å²) in [5.41, 5.74) is 1.08. The van der Waals surface area contributed by atoms with Gasteiger partial charge in [-0.15, -0.1) is 24.0 Å². The first-order valence-corrected chi connectivity index (χ1v) is 9.96. The summed E-state index contributed by atoms with van der Waals surface area (Å²) in [6, 6.07) is 5.86. The minimum Gasteiger partial charge on any atom is -0.497 e. The first-order chi connectivity index (χ1) is 13.7. The number of rotatable bonds is 10. The number of ether oxygens (including phenoxy) is 4. The Balaban J connectivity index is 0.00000420. The molecule has 0 saturated carbocycles. The van der Waals surface area contributed by atoms with E-state index in [0.717, 1.165) is 75.3 Å². The molecule has 1 aromatic rings. The van der Waals surface area contributed by atoms with Crippen LogP contribution in [0.1, 0.15) is 24.8 Å². The van der Waals surface area contributed by atoms with Crippen LogP contribution < -0.4 is 14.8 Å². The summed E-state index contributed by atoms with van der Waals surface area (Å²) in [7, 11) is 7.14. The third-order valence-corrected chi connectivity index (χ3v) is 4.92. The Bertz CT molecular complexity index is 610. The zero-order chi connectivity index (χ0) is 20.2. The molecule has 1 aromatic carbocycles. The summed E-state index contributed by atoms with van der Waals surface area (Å²) in [5, 5.41) is 3.40. The van der Waals surface area contributed by atoms with Gasteiger partial charge < -0.3 is 29.2 Å². The fourth-order valence-electron chi connectivity index (χ4n) is 3.24. The van der Waals surface area contributed by atoms with E-state index in [1.54, 1.807) is 21.3 Å². The van der Waals surface area contributed by atoms with Crippen molar-refractivity contribution in [3.63, 3.8) is 0 Å². The van der Waals surface area contributed by atoms with Crippen molar-refractivity contribution in [2.75, 3.05) is 61.3 Å². The Morgan fingerprint density at radius 2 is 2.00 bits per heavy atom. The zero-order valence-electron chi connectivity index (χ0n) is 18.1. The molecule has 7 nitrogen and oxygen atoms in total. The lowest BCUT2D eigenvalue weighted by molar-refractivity contribution is 0.0203. The molecule has 1 saturated heterocycles. The number of guanidine groups is 1. The Morgan fingerprint density at radius 1 is 1.24 bits per heavy atom. The van der Waals surface area contributed by atoms with Crippen LogP contribution in [0.25, 0.3) is 0 Å². The van der Waals surface area contributed by atoms with Gasteiger partial charge in [0.1, 0.15) is 11.5 Å². The highest BCUT2D eigenvalue weighted by atomic mass is 127. The Labute approximate surface area is 192 Å². The second kappa shape index (κ2) is 14.7. The van der Waals surface area contributed by atoms with E-state index < -0.39 is 0 Å². The van der Waals surface area contributed by atoms with Crippen molar-refractivity contribution in [1.29, 1.82) is 0 Å². The molecule has 166 valence electrons. The molecular formula is C21H36IN3O4. The number of nitrogens with one attached hydrogen (secondary N) is 1. The number of benzene rings is 1. The quantitative estimate of drug-likeness (QED) is 0.221. The van der Waals surface area contributed by atoms with E-state index in [0.29, 0.717) is 12.5 Å². The molecule has 1 heterocycles. The Morgan fingerprint density at radius 3 is 2.66 bits per heavy atom. The van der Waals surface area contributed by atoms with E-state index in [-0.39, 0.29) is 24.0 Å². The van der Waals surface area contributed by atoms with Gasteiger partial charge in [0.05, 0.1) is 14.2 Å².